The Morgan fingerprint density at radius 1 is 1.04 bits per heavy atom. The van der Waals surface area contributed by atoms with Gasteiger partial charge in [0.1, 0.15) is 17.0 Å². The second-order valence-corrected chi connectivity index (χ2v) is 10.9. The fourth-order valence-electron chi connectivity index (χ4n) is 4.08. The maximum absolute atomic E-state index is 14.5. The van der Waals surface area contributed by atoms with E-state index in [1.54, 1.807) is 26.0 Å². The van der Waals surface area contributed by atoms with Gasteiger partial charge in [0.05, 0.1) is 28.9 Å². The summed E-state index contributed by atoms with van der Waals surface area (Å²) >= 11 is 0. The van der Waals surface area contributed by atoms with Crippen molar-refractivity contribution in [3.63, 3.8) is 0 Å². The summed E-state index contributed by atoms with van der Waals surface area (Å²) in [6, 6.07) is 11.9. The second kappa shape index (κ2) is 13.6. The summed E-state index contributed by atoms with van der Waals surface area (Å²) < 4.78 is 86.5. The van der Waals surface area contributed by atoms with Crippen molar-refractivity contribution in [2.45, 2.75) is 71.0 Å². The van der Waals surface area contributed by atoms with Crippen LogP contribution in [-0.2, 0) is 28.7 Å². The first-order valence-electron chi connectivity index (χ1n) is 13.7. The topological polar surface area (TPSA) is 119 Å². The molecule has 0 spiro atoms. The minimum absolute atomic E-state index is 0.0149. The van der Waals surface area contributed by atoms with Crippen molar-refractivity contribution in [2.24, 2.45) is 5.73 Å². The van der Waals surface area contributed by atoms with Gasteiger partial charge in [-0.1, -0.05) is 31.2 Å². The Hall–Kier alpha value is -4.57. The molecule has 238 valence electrons. The Morgan fingerprint density at radius 3 is 2.24 bits per heavy atom. The summed E-state index contributed by atoms with van der Waals surface area (Å²) in [5.41, 5.74) is 5.20. The van der Waals surface area contributed by atoms with Gasteiger partial charge in [-0.3, -0.25) is 9.78 Å². The van der Waals surface area contributed by atoms with E-state index in [0.717, 1.165) is 37.1 Å². The molecule has 0 saturated heterocycles. The number of aromatic nitrogens is 3. The molecule has 1 atom stereocenters. The van der Waals surface area contributed by atoms with Crippen molar-refractivity contribution in [3.8, 4) is 28.8 Å². The zero-order valence-corrected chi connectivity index (χ0v) is 25.1. The lowest BCUT2D eigenvalue weighted by Gasteiger charge is -2.22. The van der Waals surface area contributed by atoms with E-state index in [2.05, 4.69) is 15.2 Å². The SMILES string of the molecule is CC(=O)C(N)CC(F)(F)c1cc(F)c(-c2nnc(C(C)(C)C#N)o2)cc1C.CCc1ccc(-c2cc(C(F)(F)F)ccn2)cc1. The molecule has 0 aliphatic rings. The van der Waals surface area contributed by atoms with Crippen molar-refractivity contribution in [2.75, 3.05) is 0 Å². The van der Waals surface area contributed by atoms with Gasteiger partial charge in [0.2, 0.25) is 5.89 Å². The summed E-state index contributed by atoms with van der Waals surface area (Å²) in [6.45, 7) is 7.62. The predicted octanol–water partition coefficient (Wildman–Crippen LogP) is 7.71. The van der Waals surface area contributed by atoms with E-state index in [0.29, 0.717) is 17.3 Å². The average molecular weight is 632 g/mol. The number of nitrogens with zero attached hydrogens (tertiary/aromatic N) is 4. The van der Waals surface area contributed by atoms with Gasteiger partial charge in [-0.2, -0.15) is 18.4 Å². The highest BCUT2D eigenvalue weighted by Crippen LogP contribution is 2.38. The van der Waals surface area contributed by atoms with Gasteiger partial charge in [-0.05, 0) is 69.5 Å². The molecule has 0 fully saturated rings. The number of carbonyl (C=O) groups is 1. The van der Waals surface area contributed by atoms with Gasteiger partial charge in [-0.15, -0.1) is 10.2 Å². The number of pyridine rings is 1. The van der Waals surface area contributed by atoms with Crippen LogP contribution in [0.15, 0.2) is 59.1 Å². The second-order valence-electron chi connectivity index (χ2n) is 10.9. The van der Waals surface area contributed by atoms with E-state index < -0.39 is 52.7 Å². The minimum Gasteiger partial charge on any atom is -0.419 e. The van der Waals surface area contributed by atoms with Crippen LogP contribution >= 0.6 is 0 Å². The van der Waals surface area contributed by atoms with E-state index in [9.17, 15) is 31.1 Å². The molecule has 0 saturated carbocycles. The van der Waals surface area contributed by atoms with Gasteiger partial charge in [0.25, 0.3) is 11.8 Å². The van der Waals surface area contributed by atoms with E-state index in [1.165, 1.54) is 13.1 Å². The molecule has 2 N–H and O–H groups in total. The molecule has 4 rings (SSSR count). The average Bonchev–Trinajstić information content (AvgIpc) is 3.49. The van der Waals surface area contributed by atoms with Crippen LogP contribution in [-0.4, -0.2) is 27.0 Å². The third kappa shape index (κ3) is 8.54. The first kappa shape index (κ1) is 34.9. The Balaban J connectivity index is 0.000000265. The maximum Gasteiger partial charge on any atom is 0.416 e. The van der Waals surface area contributed by atoms with Crippen molar-refractivity contribution in [1.82, 2.24) is 15.2 Å². The molecule has 0 radical (unpaired) electrons. The maximum atomic E-state index is 14.5. The lowest BCUT2D eigenvalue weighted by atomic mass is 9.94. The lowest BCUT2D eigenvalue weighted by Crippen LogP contribution is -2.34. The number of hydrogen-bond donors (Lipinski definition) is 1. The first-order valence-corrected chi connectivity index (χ1v) is 13.7. The highest BCUT2D eigenvalue weighted by Gasteiger charge is 2.38. The minimum atomic E-state index is -4.33. The number of alkyl halides is 5. The van der Waals surface area contributed by atoms with E-state index >= 15 is 0 Å². The molecule has 0 amide bonds. The summed E-state index contributed by atoms with van der Waals surface area (Å²) in [5.74, 6) is -5.29. The quantitative estimate of drug-likeness (QED) is 0.198. The predicted molar refractivity (Wildman–Crippen MR) is 154 cm³/mol. The van der Waals surface area contributed by atoms with E-state index in [1.807, 2.05) is 25.1 Å². The van der Waals surface area contributed by atoms with Gasteiger partial charge in [0, 0.05) is 23.7 Å². The van der Waals surface area contributed by atoms with Gasteiger partial charge < -0.3 is 10.2 Å². The van der Waals surface area contributed by atoms with Crippen molar-refractivity contribution in [3.05, 3.63) is 88.7 Å². The third-order valence-corrected chi connectivity index (χ3v) is 6.92. The molecule has 2 aromatic heterocycles. The van der Waals surface area contributed by atoms with Crippen LogP contribution < -0.4 is 5.73 Å². The van der Waals surface area contributed by atoms with Gasteiger partial charge >= 0.3 is 6.18 Å². The largest absolute Gasteiger partial charge is 0.419 e. The number of aryl methyl sites for hydroxylation is 2. The third-order valence-electron chi connectivity index (χ3n) is 6.92. The first-order chi connectivity index (χ1) is 20.9. The Bertz CT molecular complexity index is 1690. The van der Waals surface area contributed by atoms with Crippen molar-refractivity contribution < 1.29 is 35.6 Å². The van der Waals surface area contributed by atoms with Crippen LogP contribution in [0.4, 0.5) is 26.3 Å². The number of Topliss-reactive ketones (excluding diaryl/α,β-unsaturated/α-hetero) is 1. The molecule has 7 nitrogen and oxygen atoms in total. The molecule has 0 aliphatic carbocycles. The number of benzene rings is 2. The van der Waals surface area contributed by atoms with E-state index in [-0.39, 0.29) is 22.9 Å². The molecule has 2 aromatic carbocycles. The molecule has 2 heterocycles. The molecule has 4 aromatic rings. The zero-order chi connectivity index (χ0) is 33.7. The lowest BCUT2D eigenvalue weighted by molar-refractivity contribution is -0.137. The van der Waals surface area contributed by atoms with Crippen molar-refractivity contribution >= 4 is 5.78 Å². The molecule has 0 aliphatic heterocycles. The van der Waals surface area contributed by atoms with Crippen LogP contribution in [0.1, 0.15) is 62.3 Å². The molecular weight excluding hydrogens is 600 g/mol. The van der Waals surface area contributed by atoms with Crippen LogP contribution in [0.5, 0.6) is 0 Å². The number of nitriles is 1. The summed E-state index contributed by atoms with van der Waals surface area (Å²) in [6.07, 6.45) is -3.17. The number of rotatable bonds is 8. The monoisotopic (exact) mass is 631 g/mol. The number of ketones is 1. The van der Waals surface area contributed by atoms with E-state index in [4.69, 9.17) is 15.4 Å². The fraction of sp³-hybridized carbons (Fsp3) is 0.344. The number of nitrogens with two attached hydrogens (primary N) is 1. The Labute approximate surface area is 256 Å². The highest BCUT2D eigenvalue weighted by molar-refractivity contribution is 5.81. The number of hydrogen-bond acceptors (Lipinski definition) is 7. The summed E-state index contributed by atoms with van der Waals surface area (Å²) in [7, 11) is 0. The molecule has 45 heavy (non-hydrogen) atoms. The van der Waals surface area contributed by atoms with Gasteiger partial charge in [-0.25, -0.2) is 13.2 Å². The Morgan fingerprint density at radius 2 is 1.69 bits per heavy atom. The Kier molecular flexibility index (Phi) is 10.6. The standard InChI is InChI=1S/C18H19F3N4O2.C14H12F3N/c1-9-5-11(15-24-25-16(27-15)17(3,4)8-22)13(19)6-12(9)18(20,21)7-14(23)10(2)26;1-2-10-3-5-11(6-4-10)13-9-12(7-8-18-13)14(15,16)17/h5-6,14H,7,23H2,1-4H3;3-9H,2H2,1H3. The van der Waals surface area contributed by atoms with Gasteiger partial charge in [0.15, 0.2) is 0 Å². The summed E-state index contributed by atoms with van der Waals surface area (Å²) in [4.78, 5) is 15.1. The highest BCUT2D eigenvalue weighted by atomic mass is 19.4. The summed E-state index contributed by atoms with van der Waals surface area (Å²) in [5, 5.41) is 16.5. The van der Waals surface area contributed by atoms with Crippen LogP contribution in [0.2, 0.25) is 0 Å². The molecule has 1 unspecified atom stereocenters. The normalized spacial score (nSPS) is 12.6. The van der Waals surface area contributed by atoms with Crippen LogP contribution in [0.3, 0.4) is 0 Å². The fourth-order valence-corrected chi connectivity index (χ4v) is 4.08. The number of carbonyl (C=O) groups excluding carboxylic acids is 1. The zero-order valence-electron chi connectivity index (χ0n) is 25.1. The van der Waals surface area contributed by atoms with Crippen LogP contribution in [0.25, 0.3) is 22.7 Å². The van der Waals surface area contributed by atoms with Crippen molar-refractivity contribution in [1.29, 1.82) is 5.26 Å². The molecule has 0 bridgehead atoms. The molecular formula is C32H31F6N5O2. The number of halogens is 6. The van der Waals surface area contributed by atoms with Crippen LogP contribution in [0, 0.1) is 24.1 Å². The smallest absolute Gasteiger partial charge is 0.416 e. The molecule has 13 heteroatoms.